The molecule has 1 unspecified atom stereocenters. The number of rotatable bonds is 10. The number of nitrogens with zero attached hydrogens (tertiary/aromatic N) is 3. The second-order valence-electron chi connectivity index (χ2n) is 8.40. The lowest BCUT2D eigenvalue weighted by Gasteiger charge is -2.32. The van der Waals surface area contributed by atoms with Crippen LogP contribution >= 0.6 is 0 Å². The molecule has 3 aromatic rings. The van der Waals surface area contributed by atoms with Gasteiger partial charge in [0, 0.05) is 19.6 Å². The van der Waals surface area contributed by atoms with Gasteiger partial charge >= 0.3 is 0 Å². The summed E-state index contributed by atoms with van der Waals surface area (Å²) in [6.07, 6.45) is 6.04. The topological polar surface area (TPSA) is 48.8 Å². The molecule has 1 saturated heterocycles. The van der Waals surface area contributed by atoms with Crippen molar-refractivity contribution in [2.24, 2.45) is 0 Å². The van der Waals surface area contributed by atoms with Gasteiger partial charge in [0.1, 0.15) is 5.82 Å². The van der Waals surface area contributed by atoms with Crippen LogP contribution in [0.1, 0.15) is 44.1 Å². The van der Waals surface area contributed by atoms with Gasteiger partial charge in [-0.2, -0.15) is 0 Å². The molecule has 1 aliphatic heterocycles. The van der Waals surface area contributed by atoms with Crippen LogP contribution in [0, 0.1) is 0 Å². The van der Waals surface area contributed by atoms with Crippen molar-refractivity contribution < 1.29 is 14.2 Å². The van der Waals surface area contributed by atoms with Gasteiger partial charge in [0.2, 0.25) is 0 Å². The second-order valence-corrected chi connectivity index (χ2v) is 8.40. The van der Waals surface area contributed by atoms with Crippen LogP contribution in [0.25, 0.3) is 17.1 Å². The molecular weight excluding hydrogens is 414 g/mol. The molecule has 1 fully saturated rings. The van der Waals surface area contributed by atoms with Crippen molar-refractivity contribution in [3.63, 3.8) is 0 Å². The Morgan fingerprint density at radius 1 is 1.09 bits per heavy atom. The summed E-state index contributed by atoms with van der Waals surface area (Å²) < 4.78 is 19.5. The van der Waals surface area contributed by atoms with Crippen molar-refractivity contribution in [1.29, 1.82) is 0 Å². The molecular formula is C27H35N3O3. The number of aryl methyl sites for hydroxylation is 1. The summed E-state index contributed by atoms with van der Waals surface area (Å²) in [7, 11) is 1.68. The van der Waals surface area contributed by atoms with Crippen LogP contribution in [0.2, 0.25) is 0 Å². The maximum atomic E-state index is 6.04. The molecule has 6 nitrogen and oxygen atoms in total. The van der Waals surface area contributed by atoms with E-state index in [1.165, 1.54) is 5.52 Å². The maximum absolute atomic E-state index is 6.04. The van der Waals surface area contributed by atoms with Gasteiger partial charge in [-0.3, -0.25) is 4.90 Å². The summed E-state index contributed by atoms with van der Waals surface area (Å²) in [5, 5.41) is 0. The third-order valence-corrected chi connectivity index (χ3v) is 6.23. The van der Waals surface area contributed by atoms with Gasteiger partial charge in [0.15, 0.2) is 11.5 Å². The Morgan fingerprint density at radius 3 is 2.70 bits per heavy atom. The second kappa shape index (κ2) is 11.3. The van der Waals surface area contributed by atoms with E-state index in [1.807, 2.05) is 25.1 Å². The van der Waals surface area contributed by atoms with E-state index in [1.54, 1.807) is 7.11 Å². The van der Waals surface area contributed by atoms with E-state index in [9.17, 15) is 0 Å². The molecule has 1 atom stereocenters. The SMILES string of the molecule is C/C=C/c1ccc(OCCCCn2c(C(C)N3CCOCC3)nc3ccccc32)c(OC)c1. The smallest absolute Gasteiger partial charge is 0.161 e. The Morgan fingerprint density at radius 2 is 1.91 bits per heavy atom. The fourth-order valence-corrected chi connectivity index (χ4v) is 4.43. The van der Waals surface area contributed by atoms with Gasteiger partial charge in [-0.25, -0.2) is 4.98 Å². The molecule has 0 amide bonds. The fourth-order valence-electron chi connectivity index (χ4n) is 4.43. The summed E-state index contributed by atoms with van der Waals surface area (Å²) in [6.45, 7) is 9.33. The summed E-state index contributed by atoms with van der Waals surface area (Å²) in [5.74, 6) is 2.70. The lowest BCUT2D eigenvalue weighted by molar-refractivity contribution is 0.0176. The van der Waals surface area contributed by atoms with Crippen LogP contribution in [-0.4, -0.2) is 54.5 Å². The van der Waals surface area contributed by atoms with E-state index in [0.29, 0.717) is 6.61 Å². The number of imidazole rings is 1. The summed E-state index contributed by atoms with van der Waals surface area (Å²) in [4.78, 5) is 7.47. The van der Waals surface area contributed by atoms with E-state index < -0.39 is 0 Å². The molecule has 4 rings (SSSR count). The lowest BCUT2D eigenvalue weighted by atomic mass is 10.2. The third-order valence-electron chi connectivity index (χ3n) is 6.23. The Kier molecular flexibility index (Phi) is 8.02. The Balaban J connectivity index is 1.39. The van der Waals surface area contributed by atoms with Gasteiger partial charge < -0.3 is 18.8 Å². The van der Waals surface area contributed by atoms with E-state index >= 15 is 0 Å². The number of hydrogen-bond acceptors (Lipinski definition) is 5. The predicted octanol–water partition coefficient (Wildman–Crippen LogP) is 5.33. The number of aromatic nitrogens is 2. The number of methoxy groups -OCH3 is 1. The molecule has 1 aromatic heterocycles. The first kappa shape index (κ1) is 23.3. The first-order valence-electron chi connectivity index (χ1n) is 11.9. The molecule has 176 valence electrons. The zero-order valence-corrected chi connectivity index (χ0v) is 20.0. The predicted molar refractivity (Wildman–Crippen MR) is 133 cm³/mol. The quantitative estimate of drug-likeness (QED) is 0.392. The molecule has 1 aliphatic rings. The molecule has 2 heterocycles. The van der Waals surface area contributed by atoms with Crippen molar-refractivity contribution in [1.82, 2.24) is 14.5 Å². The minimum Gasteiger partial charge on any atom is -0.493 e. The summed E-state index contributed by atoms with van der Waals surface area (Å²) in [5.41, 5.74) is 3.38. The molecule has 6 heteroatoms. The number of ether oxygens (including phenoxy) is 3. The number of morpholine rings is 1. The summed E-state index contributed by atoms with van der Waals surface area (Å²) >= 11 is 0. The van der Waals surface area contributed by atoms with Crippen LogP contribution in [0.5, 0.6) is 11.5 Å². The van der Waals surface area contributed by atoms with Crippen LogP contribution in [0.3, 0.4) is 0 Å². The first-order valence-corrected chi connectivity index (χ1v) is 11.9. The highest BCUT2D eigenvalue weighted by Gasteiger charge is 2.23. The van der Waals surface area contributed by atoms with E-state index in [-0.39, 0.29) is 6.04 Å². The van der Waals surface area contributed by atoms with Gasteiger partial charge in [-0.05, 0) is 56.5 Å². The highest BCUT2D eigenvalue weighted by molar-refractivity contribution is 5.76. The Labute approximate surface area is 196 Å². The van der Waals surface area contributed by atoms with Crippen molar-refractivity contribution in [2.45, 2.75) is 39.3 Å². The fraction of sp³-hybridized carbons (Fsp3) is 0.444. The van der Waals surface area contributed by atoms with Crippen LogP contribution in [-0.2, 0) is 11.3 Å². The largest absolute Gasteiger partial charge is 0.493 e. The van der Waals surface area contributed by atoms with E-state index in [2.05, 4.69) is 52.8 Å². The van der Waals surface area contributed by atoms with Crippen LogP contribution in [0.15, 0.2) is 48.5 Å². The van der Waals surface area contributed by atoms with Crippen molar-refractivity contribution in [3.8, 4) is 11.5 Å². The van der Waals surface area contributed by atoms with Crippen molar-refractivity contribution >= 4 is 17.1 Å². The van der Waals surface area contributed by atoms with E-state index in [4.69, 9.17) is 19.2 Å². The standard InChI is InChI=1S/C27H35N3O3/c1-4-9-22-12-13-25(26(20-22)31-3)33-17-8-7-14-30-24-11-6-5-10-23(24)28-27(30)21(2)29-15-18-32-19-16-29/h4-6,9-13,20-21H,7-8,14-19H2,1-3H3/b9-4+. The average molecular weight is 450 g/mol. The molecule has 0 bridgehead atoms. The molecule has 0 N–H and O–H groups in total. The van der Waals surface area contributed by atoms with E-state index in [0.717, 1.165) is 74.1 Å². The normalized spacial score (nSPS) is 15.8. The molecule has 0 saturated carbocycles. The molecule has 33 heavy (non-hydrogen) atoms. The van der Waals surface area contributed by atoms with Crippen molar-refractivity contribution in [2.75, 3.05) is 40.0 Å². The van der Waals surface area contributed by atoms with Crippen LogP contribution in [0.4, 0.5) is 0 Å². The third kappa shape index (κ3) is 5.57. The van der Waals surface area contributed by atoms with Gasteiger partial charge in [-0.15, -0.1) is 0 Å². The first-order chi connectivity index (χ1) is 16.2. The molecule has 0 aliphatic carbocycles. The highest BCUT2D eigenvalue weighted by Crippen LogP contribution is 2.29. The number of hydrogen-bond donors (Lipinski definition) is 0. The summed E-state index contributed by atoms with van der Waals surface area (Å²) in [6, 6.07) is 14.7. The number of allylic oxidation sites excluding steroid dienone is 1. The van der Waals surface area contributed by atoms with Gasteiger partial charge in [0.25, 0.3) is 0 Å². The minimum atomic E-state index is 0.262. The number of benzene rings is 2. The molecule has 2 aromatic carbocycles. The zero-order chi connectivity index (χ0) is 23.0. The average Bonchev–Trinajstić information content (AvgIpc) is 3.23. The number of fused-ring (bicyclic) bond motifs is 1. The number of unbranched alkanes of at least 4 members (excludes halogenated alkanes) is 1. The highest BCUT2D eigenvalue weighted by atomic mass is 16.5. The zero-order valence-electron chi connectivity index (χ0n) is 20.0. The maximum Gasteiger partial charge on any atom is 0.161 e. The lowest BCUT2D eigenvalue weighted by Crippen LogP contribution is -2.39. The number of para-hydroxylation sites is 2. The minimum absolute atomic E-state index is 0.262. The van der Waals surface area contributed by atoms with Gasteiger partial charge in [0.05, 0.1) is 44.0 Å². The van der Waals surface area contributed by atoms with Crippen LogP contribution < -0.4 is 9.47 Å². The monoisotopic (exact) mass is 449 g/mol. The Hall–Kier alpha value is -2.83. The van der Waals surface area contributed by atoms with Crippen molar-refractivity contribution in [3.05, 3.63) is 59.9 Å². The molecule has 0 radical (unpaired) electrons. The molecule has 0 spiro atoms. The Bertz CT molecular complexity index is 1070. The van der Waals surface area contributed by atoms with Gasteiger partial charge in [-0.1, -0.05) is 30.4 Å².